The molecule has 1 aliphatic heterocycles. The van der Waals surface area contributed by atoms with Crippen LogP contribution < -0.4 is 16.0 Å². The average Bonchev–Trinajstić information content (AvgIpc) is 2.65. The lowest BCUT2D eigenvalue weighted by Gasteiger charge is -2.28. The Hall–Kier alpha value is -3.32. The summed E-state index contributed by atoms with van der Waals surface area (Å²) in [5, 5.41) is 0.496. The monoisotopic (exact) mass is 397 g/mol. The third-order valence-electron chi connectivity index (χ3n) is 4.53. The molecule has 2 aromatic carbocycles. The molecule has 0 atom stereocenters. The van der Waals surface area contributed by atoms with E-state index in [1.54, 1.807) is 23.1 Å². The molecule has 2 heterocycles. The molecule has 142 valence electrons. The maximum absolute atomic E-state index is 13.0. The number of hydrogen-bond donors (Lipinski definition) is 1. The van der Waals surface area contributed by atoms with Crippen LogP contribution in [0.2, 0.25) is 5.02 Å². The molecule has 4 rings (SSSR count). The van der Waals surface area contributed by atoms with E-state index in [0.29, 0.717) is 28.6 Å². The van der Waals surface area contributed by atoms with Gasteiger partial charge in [0.25, 0.3) is 5.56 Å². The molecule has 0 spiro atoms. The first-order chi connectivity index (χ1) is 13.5. The number of nitrogens with zero attached hydrogens (tertiary/aromatic N) is 2. The van der Waals surface area contributed by atoms with Gasteiger partial charge in [0, 0.05) is 35.0 Å². The van der Waals surface area contributed by atoms with Gasteiger partial charge in [-0.1, -0.05) is 35.9 Å². The number of para-hydroxylation sites is 1. The van der Waals surface area contributed by atoms with Crippen molar-refractivity contribution in [3.63, 3.8) is 0 Å². The SMILES string of the molecule is O=C(Cn1ccc(=O)[nH]c1=O)N1Cc2ccccc2Oc2cccc(Cl)c2C1. The molecule has 1 N–H and O–H groups in total. The zero-order chi connectivity index (χ0) is 19.7. The summed E-state index contributed by atoms with van der Waals surface area (Å²) in [6, 6.07) is 14.0. The minimum atomic E-state index is -0.630. The summed E-state index contributed by atoms with van der Waals surface area (Å²) in [6.07, 6.45) is 1.31. The molecule has 3 aromatic rings. The summed E-state index contributed by atoms with van der Waals surface area (Å²) in [6.45, 7) is 0.344. The van der Waals surface area contributed by atoms with Gasteiger partial charge in [0.15, 0.2) is 0 Å². The largest absolute Gasteiger partial charge is 0.457 e. The molecule has 1 aliphatic rings. The fraction of sp³-hybridized carbons (Fsp3) is 0.150. The Morgan fingerprint density at radius 1 is 1.04 bits per heavy atom. The maximum Gasteiger partial charge on any atom is 0.328 e. The van der Waals surface area contributed by atoms with E-state index in [1.165, 1.54) is 16.8 Å². The molecule has 1 amide bonds. The van der Waals surface area contributed by atoms with Crippen LogP contribution in [-0.4, -0.2) is 20.4 Å². The van der Waals surface area contributed by atoms with E-state index in [9.17, 15) is 14.4 Å². The number of amides is 1. The number of carbonyl (C=O) groups excluding carboxylic acids is 1. The van der Waals surface area contributed by atoms with Gasteiger partial charge in [-0.2, -0.15) is 0 Å². The predicted molar refractivity (Wildman–Crippen MR) is 104 cm³/mol. The van der Waals surface area contributed by atoms with Gasteiger partial charge in [-0.05, 0) is 18.2 Å². The number of H-pyrrole nitrogens is 1. The minimum Gasteiger partial charge on any atom is -0.457 e. The average molecular weight is 398 g/mol. The fourth-order valence-electron chi connectivity index (χ4n) is 3.08. The van der Waals surface area contributed by atoms with E-state index in [4.69, 9.17) is 16.3 Å². The number of nitrogens with one attached hydrogen (secondary N) is 1. The first-order valence-corrected chi connectivity index (χ1v) is 9.00. The zero-order valence-corrected chi connectivity index (χ0v) is 15.5. The second-order valence-electron chi connectivity index (χ2n) is 6.41. The standard InChI is InChI=1S/C20H16ClN3O4/c21-15-5-3-7-17-14(15)11-24(10-13-4-1-2-6-16(13)28-17)19(26)12-23-9-8-18(25)22-20(23)27/h1-9H,10-12H2,(H,22,25,27). The number of carbonyl (C=O) groups is 1. The van der Waals surface area contributed by atoms with E-state index in [-0.39, 0.29) is 19.0 Å². The Labute approximate surface area is 164 Å². The van der Waals surface area contributed by atoms with Gasteiger partial charge in [0.05, 0.1) is 6.54 Å². The topological polar surface area (TPSA) is 84.4 Å². The van der Waals surface area contributed by atoms with Crippen LogP contribution in [0.4, 0.5) is 0 Å². The Bertz CT molecular complexity index is 1170. The highest BCUT2D eigenvalue weighted by Crippen LogP contribution is 2.36. The predicted octanol–water partition coefficient (Wildman–Crippen LogP) is 2.52. The van der Waals surface area contributed by atoms with Gasteiger partial charge < -0.3 is 9.64 Å². The van der Waals surface area contributed by atoms with Crippen molar-refractivity contribution in [2.75, 3.05) is 0 Å². The van der Waals surface area contributed by atoms with Crippen LogP contribution in [0.1, 0.15) is 11.1 Å². The van der Waals surface area contributed by atoms with E-state index in [1.807, 2.05) is 24.3 Å². The lowest BCUT2D eigenvalue weighted by atomic mass is 10.1. The van der Waals surface area contributed by atoms with Crippen molar-refractivity contribution in [2.24, 2.45) is 0 Å². The van der Waals surface area contributed by atoms with E-state index in [0.717, 1.165) is 5.56 Å². The van der Waals surface area contributed by atoms with Gasteiger partial charge >= 0.3 is 5.69 Å². The third-order valence-corrected chi connectivity index (χ3v) is 4.89. The van der Waals surface area contributed by atoms with E-state index < -0.39 is 11.2 Å². The van der Waals surface area contributed by atoms with Crippen LogP contribution in [0.15, 0.2) is 64.3 Å². The zero-order valence-electron chi connectivity index (χ0n) is 14.7. The van der Waals surface area contributed by atoms with Crippen molar-refractivity contribution >= 4 is 17.5 Å². The molecule has 0 radical (unpaired) electrons. The van der Waals surface area contributed by atoms with Crippen LogP contribution in [0.5, 0.6) is 11.5 Å². The minimum absolute atomic E-state index is 0.196. The number of aromatic amines is 1. The quantitative estimate of drug-likeness (QED) is 0.720. The summed E-state index contributed by atoms with van der Waals surface area (Å²) in [4.78, 5) is 39.9. The lowest BCUT2D eigenvalue weighted by molar-refractivity contribution is -0.133. The first kappa shape index (κ1) is 18.1. The molecule has 28 heavy (non-hydrogen) atoms. The van der Waals surface area contributed by atoms with Crippen molar-refractivity contribution in [2.45, 2.75) is 19.6 Å². The molecule has 0 aliphatic carbocycles. The van der Waals surface area contributed by atoms with Crippen molar-refractivity contribution < 1.29 is 9.53 Å². The first-order valence-electron chi connectivity index (χ1n) is 8.62. The second kappa shape index (κ2) is 7.36. The number of hydrogen-bond acceptors (Lipinski definition) is 4. The molecular weight excluding hydrogens is 382 g/mol. The highest BCUT2D eigenvalue weighted by Gasteiger charge is 2.23. The molecule has 0 saturated carbocycles. The summed E-state index contributed by atoms with van der Waals surface area (Å²) >= 11 is 6.36. The van der Waals surface area contributed by atoms with Gasteiger partial charge in [-0.15, -0.1) is 0 Å². The molecule has 8 heteroatoms. The summed E-state index contributed by atoms with van der Waals surface area (Å²) < 4.78 is 7.19. The van der Waals surface area contributed by atoms with Crippen LogP contribution in [0.3, 0.4) is 0 Å². The Morgan fingerprint density at radius 2 is 1.82 bits per heavy atom. The number of ether oxygens (including phenoxy) is 1. The summed E-state index contributed by atoms with van der Waals surface area (Å²) in [5.74, 6) is 0.945. The van der Waals surface area contributed by atoms with Crippen molar-refractivity contribution in [3.8, 4) is 11.5 Å². The van der Waals surface area contributed by atoms with Crippen molar-refractivity contribution in [3.05, 3.63) is 91.7 Å². The number of fused-ring (bicyclic) bond motifs is 2. The molecule has 7 nitrogen and oxygen atoms in total. The van der Waals surface area contributed by atoms with Crippen LogP contribution in [-0.2, 0) is 24.4 Å². The lowest BCUT2D eigenvalue weighted by Crippen LogP contribution is -2.38. The molecule has 0 bridgehead atoms. The molecule has 0 unspecified atom stereocenters. The molecule has 0 saturated heterocycles. The van der Waals surface area contributed by atoms with Gasteiger partial charge in [0.1, 0.15) is 18.0 Å². The van der Waals surface area contributed by atoms with E-state index >= 15 is 0 Å². The van der Waals surface area contributed by atoms with Crippen molar-refractivity contribution in [1.29, 1.82) is 0 Å². The normalized spacial score (nSPS) is 13.0. The molecular formula is C20H16ClN3O4. The number of aromatic nitrogens is 2. The van der Waals surface area contributed by atoms with Gasteiger partial charge in [-0.3, -0.25) is 19.1 Å². The third kappa shape index (κ3) is 3.57. The highest BCUT2D eigenvalue weighted by molar-refractivity contribution is 6.31. The van der Waals surface area contributed by atoms with Gasteiger partial charge in [-0.25, -0.2) is 4.79 Å². The highest BCUT2D eigenvalue weighted by atomic mass is 35.5. The van der Waals surface area contributed by atoms with Gasteiger partial charge in [0.2, 0.25) is 5.91 Å². The second-order valence-corrected chi connectivity index (χ2v) is 6.82. The smallest absolute Gasteiger partial charge is 0.328 e. The Morgan fingerprint density at radius 3 is 2.64 bits per heavy atom. The maximum atomic E-state index is 13.0. The number of rotatable bonds is 2. The van der Waals surface area contributed by atoms with Crippen LogP contribution >= 0.6 is 11.6 Å². The fourth-order valence-corrected chi connectivity index (χ4v) is 3.31. The Balaban J connectivity index is 1.72. The van der Waals surface area contributed by atoms with Crippen LogP contribution in [0.25, 0.3) is 0 Å². The number of halogens is 1. The molecule has 0 fully saturated rings. The van der Waals surface area contributed by atoms with Crippen LogP contribution in [0, 0.1) is 0 Å². The summed E-state index contributed by atoms with van der Waals surface area (Å²) in [7, 11) is 0. The van der Waals surface area contributed by atoms with E-state index in [2.05, 4.69) is 4.98 Å². The number of benzene rings is 2. The van der Waals surface area contributed by atoms with Crippen molar-refractivity contribution in [1.82, 2.24) is 14.5 Å². The molecule has 1 aromatic heterocycles. The Kier molecular flexibility index (Phi) is 4.75. The summed E-state index contributed by atoms with van der Waals surface area (Å²) in [5.41, 5.74) is 0.401.